The highest BCUT2D eigenvalue weighted by atomic mass is 32.2. The van der Waals surface area contributed by atoms with Crippen LogP contribution in [0.5, 0.6) is 0 Å². The molecule has 0 atom stereocenters. The highest BCUT2D eigenvalue weighted by Gasteiger charge is 2.16. The summed E-state index contributed by atoms with van der Waals surface area (Å²) < 4.78 is 6.43. The summed E-state index contributed by atoms with van der Waals surface area (Å²) in [7, 11) is 0. The van der Waals surface area contributed by atoms with E-state index in [1.54, 1.807) is 18.4 Å². The molecule has 0 aliphatic heterocycles. The van der Waals surface area contributed by atoms with Crippen LogP contribution in [0.1, 0.15) is 11.5 Å². The van der Waals surface area contributed by atoms with Crippen molar-refractivity contribution in [3.05, 3.63) is 70.7 Å². The Labute approximate surface area is 164 Å². The number of rotatable bonds is 6. The van der Waals surface area contributed by atoms with Crippen molar-refractivity contribution in [3.63, 3.8) is 0 Å². The lowest BCUT2D eigenvalue weighted by Crippen LogP contribution is -2.25. The normalized spacial score (nSPS) is 11.0. The molecule has 3 aromatic heterocycles. The minimum atomic E-state index is -0.395. The highest BCUT2D eigenvalue weighted by molar-refractivity contribution is 7.99. The molecule has 142 valence electrons. The first-order valence-electron chi connectivity index (χ1n) is 8.59. The second kappa shape index (κ2) is 7.73. The molecule has 0 fully saturated rings. The summed E-state index contributed by atoms with van der Waals surface area (Å²) in [4.78, 5) is 31.6. The number of amides is 1. The van der Waals surface area contributed by atoms with Crippen molar-refractivity contribution in [2.75, 3.05) is 5.75 Å². The maximum absolute atomic E-state index is 12.4. The van der Waals surface area contributed by atoms with E-state index in [0.717, 1.165) is 22.9 Å². The molecule has 0 bridgehead atoms. The third-order valence-corrected chi connectivity index (χ3v) is 4.97. The molecule has 0 saturated heterocycles. The van der Waals surface area contributed by atoms with Gasteiger partial charge in [0, 0.05) is 5.56 Å². The summed E-state index contributed by atoms with van der Waals surface area (Å²) >= 11 is 1.16. The van der Waals surface area contributed by atoms with E-state index < -0.39 is 5.69 Å². The molecule has 4 rings (SSSR count). The van der Waals surface area contributed by atoms with Gasteiger partial charge in [0.25, 0.3) is 0 Å². The van der Waals surface area contributed by atoms with Crippen molar-refractivity contribution in [1.82, 2.24) is 24.9 Å². The molecule has 0 saturated carbocycles. The monoisotopic (exact) mass is 395 g/mol. The third-order valence-electron chi connectivity index (χ3n) is 4.09. The summed E-state index contributed by atoms with van der Waals surface area (Å²) in [5, 5.41) is 7.42. The summed E-state index contributed by atoms with van der Waals surface area (Å²) in [6.07, 6.45) is 1.55. The Morgan fingerprint density at radius 1 is 1.25 bits per heavy atom. The number of furan rings is 1. The number of benzene rings is 1. The second-order valence-electron chi connectivity index (χ2n) is 6.05. The third kappa shape index (κ3) is 3.70. The van der Waals surface area contributed by atoms with E-state index in [0.29, 0.717) is 28.8 Å². The van der Waals surface area contributed by atoms with Gasteiger partial charge in [0.2, 0.25) is 5.91 Å². The number of aromatic amines is 1. The van der Waals surface area contributed by atoms with E-state index in [9.17, 15) is 9.59 Å². The Bertz CT molecular complexity index is 1170. The van der Waals surface area contributed by atoms with Crippen LogP contribution in [0.15, 0.2) is 63.1 Å². The quantitative estimate of drug-likeness (QED) is 0.486. The Balaban J connectivity index is 1.55. The van der Waals surface area contributed by atoms with E-state index in [-0.39, 0.29) is 11.7 Å². The molecule has 3 heterocycles. The molecular weight excluding hydrogens is 378 g/mol. The molecule has 0 radical (unpaired) electrons. The van der Waals surface area contributed by atoms with Crippen molar-refractivity contribution in [2.24, 2.45) is 0 Å². The van der Waals surface area contributed by atoms with Crippen molar-refractivity contribution in [3.8, 4) is 11.1 Å². The number of aromatic nitrogens is 4. The molecule has 4 aromatic rings. The van der Waals surface area contributed by atoms with Crippen LogP contribution in [-0.2, 0) is 11.3 Å². The summed E-state index contributed by atoms with van der Waals surface area (Å²) in [6.45, 7) is 2.15. The molecule has 1 amide bonds. The van der Waals surface area contributed by atoms with Crippen molar-refractivity contribution in [1.29, 1.82) is 0 Å². The van der Waals surface area contributed by atoms with Gasteiger partial charge in [-0.25, -0.2) is 9.78 Å². The van der Waals surface area contributed by atoms with E-state index in [2.05, 4.69) is 20.4 Å². The number of hydrogen-bond acceptors (Lipinski definition) is 6. The second-order valence-corrected chi connectivity index (χ2v) is 7.02. The summed E-state index contributed by atoms with van der Waals surface area (Å²) in [6, 6.07) is 13.2. The number of carbonyl (C=O) groups is 1. The fourth-order valence-corrected chi connectivity index (χ4v) is 3.50. The predicted molar refractivity (Wildman–Crippen MR) is 105 cm³/mol. The van der Waals surface area contributed by atoms with Crippen LogP contribution in [0.25, 0.3) is 16.8 Å². The number of thioether (sulfide) groups is 1. The van der Waals surface area contributed by atoms with Gasteiger partial charge in [0.1, 0.15) is 5.76 Å². The minimum absolute atomic E-state index is 0.119. The van der Waals surface area contributed by atoms with Gasteiger partial charge in [-0.15, -0.1) is 0 Å². The highest BCUT2D eigenvalue weighted by Crippen LogP contribution is 2.26. The topological polar surface area (TPSA) is 105 Å². The average Bonchev–Trinajstić information content (AvgIpc) is 3.33. The van der Waals surface area contributed by atoms with E-state index in [1.807, 2.05) is 37.3 Å². The lowest BCUT2D eigenvalue weighted by atomic mass is 10.1. The molecule has 28 heavy (non-hydrogen) atoms. The number of nitrogens with zero attached hydrogens (tertiary/aromatic N) is 3. The van der Waals surface area contributed by atoms with Gasteiger partial charge in [-0.3, -0.25) is 9.78 Å². The van der Waals surface area contributed by atoms with E-state index >= 15 is 0 Å². The van der Waals surface area contributed by atoms with Gasteiger partial charge in [-0.2, -0.15) is 9.61 Å². The van der Waals surface area contributed by atoms with Crippen LogP contribution in [0, 0.1) is 6.92 Å². The van der Waals surface area contributed by atoms with Gasteiger partial charge in [0.05, 0.1) is 24.3 Å². The molecule has 8 nitrogen and oxygen atoms in total. The van der Waals surface area contributed by atoms with Crippen LogP contribution < -0.4 is 11.0 Å². The van der Waals surface area contributed by atoms with Crippen LogP contribution >= 0.6 is 11.8 Å². The number of hydrogen-bond donors (Lipinski definition) is 2. The van der Waals surface area contributed by atoms with Gasteiger partial charge in [-0.05, 0) is 24.6 Å². The summed E-state index contributed by atoms with van der Waals surface area (Å²) in [5.74, 6) is 0.610. The largest absolute Gasteiger partial charge is 0.467 e. The van der Waals surface area contributed by atoms with Gasteiger partial charge >= 0.3 is 5.69 Å². The minimum Gasteiger partial charge on any atom is -0.467 e. The number of H-pyrrole nitrogens is 1. The Morgan fingerprint density at radius 3 is 2.82 bits per heavy atom. The Morgan fingerprint density at radius 2 is 2.07 bits per heavy atom. The fraction of sp³-hybridized carbons (Fsp3) is 0.158. The fourth-order valence-electron chi connectivity index (χ4n) is 2.82. The Hall–Kier alpha value is -3.33. The zero-order valence-corrected chi connectivity index (χ0v) is 15.8. The van der Waals surface area contributed by atoms with E-state index in [1.165, 1.54) is 4.52 Å². The number of carbonyl (C=O) groups excluding carboxylic acids is 1. The maximum Gasteiger partial charge on any atom is 0.350 e. The van der Waals surface area contributed by atoms with Crippen LogP contribution in [0.4, 0.5) is 0 Å². The van der Waals surface area contributed by atoms with Crippen LogP contribution in [0.2, 0.25) is 0 Å². The van der Waals surface area contributed by atoms with Crippen molar-refractivity contribution < 1.29 is 9.21 Å². The zero-order chi connectivity index (χ0) is 19.5. The summed E-state index contributed by atoms with van der Waals surface area (Å²) in [5.41, 5.74) is 2.51. The molecule has 1 aromatic carbocycles. The zero-order valence-electron chi connectivity index (χ0n) is 15.0. The molecule has 0 spiro atoms. The lowest BCUT2D eigenvalue weighted by Gasteiger charge is -2.04. The lowest BCUT2D eigenvalue weighted by molar-refractivity contribution is -0.118. The predicted octanol–water partition coefficient (Wildman–Crippen LogP) is 2.39. The average molecular weight is 395 g/mol. The van der Waals surface area contributed by atoms with Gasteiger partial charge < -0.3 is 9.73 Å². The number of fused-ring (bicyclic) bond motifs is 1. The first-order valence-corrected chi connectivity index (χ1v) is 9.57. The molecule has 0 unspecified atom stereocenters. The maximum atomic E-state index is 12.4. The number of nitrogens with one attached hydrogen (secondary N) is 2. The van der Waals surface area contributed by atoms with Crippen LogP contribution in [0.3, 0.4) is 0 Å². The Kier molecular flexibility index (Phi) is 4.98. The van der Waals surface area contributed by atoms with Crippen LogP contribution in [-0.4, -0.2) is 31.2 Å². The molecule has 9 heteroatoms. The smallest absolute Gasteiger partial charge is 0.350 e. The van der Waals surface area contributed by atoms with Gasteiger partial charge in [0.15, 0.2) is 10.8 Å². The molecule has 0 aliphatic rings. The van der Waals surface area contributed by atoms with Gasteiger partial charge in [-0.1, -0.05) is 42.1 Å². The van der Waals surface area contributed by atoms with Crippen molar-refractivity contribution in [2.45, 2.75) is 18.6 Å². The first-order chi connectivity index (χ1) is 13.6. The number of aryl methyl sites for hydroxylation is 1. The van der Waals surface area contributed by atoms with Crippen molar-refractivity contribution >= 4 is 23.3 Å². The molecular formula is C19H17N5O3S. The standard InChI is InChI=1S/C19H17N5O3S/c1-12-16(13-6-3-2-4-7-13)17-21-18(22-19(26)24(17)23-12)28-11-15(25)20-10-14-8-5-9-27-14/h2-9H,10-11H2,1H3,(H,20,25)(H,21,22,26). The SMILES string of the molecule is Cc1nn2c(=O)[nH]c(SCC(=O)NCc3ccco3)nc2c1-c1ccccc1. The van der Waals surface area contributed by atoms with E-state index in [4.69, 9.17) is 4.42 Å². The molecule has 0 aliphatic carbocycles. The molecule has 2 N–H and O–H groups in total. The first kappa shape index (κ1) is 18.1.